The van der Waals surface area contributed by atoms with Crippen LogP contribution in [0.1, 0.15) is 48.5 Å². The Labute approximate surface area is 176 Å². The molecule has 1 N–H and O–H groups in total. The maximum atomic E-state index is 12.8. The molecule has 1 aromatic heterocycles. The molecule has 156 valence electrons. The number of hydrogen-bond donors (Lipinski definition) is 1. The lowest BCUT2D eigenvalue weighted by molar-refractivity contribution is -0.0361. The zero-order valence-corrected chi connectivity index (χ0v) is 17.6. The Morgan fingerprint density at radius 2 is 1.86 bits per heavy atom. The Kier molecular flexibility index (Phi) is 6.18. The van der Waals surface area contributed by atoms with Gasteiger partial charge in [0.05, 0.1) is 18.9 Å². The largest absolute Gasteiger partial charge is 0.379 e. The highest BCUT2D eigenvalue weighted by atomic mass is 35.5. The van der Waals surface area contributed by atoms with Gasteiger partial charge in [0.1, 0.15) is 5.82 Å². The number of rotatable bonds is 5. The van der Waals surface area contributed by atoms with Crippen molar-refractivity contribution in [3.63, 3.8) is 0 Å². The summed E-state index contributed by atoms with van der Waals surface area (Å²) in [4.78, 5) is 19.7. The van der Waals surface area contributed by atoms with E-state index < -0.39 is 0 Å². The second-order valence-corrected chi connectivity index (χ2v) is 8.37. The van der Waals surface area contributed by atoms with Crippen LogP contribution in [0.5, 0.6) is 0 Å². The maximum absolute atomic E-state index is 12.8. The van der Waals surface area contributed by atoms with Crippen molar-refractivity contribution in [2.45, 2.75) is 44.6 Å². The molecule has 2 aliphatic rings. The number of ether oxygens (including phenoxy) is 1. The van der Waals surface area contributed by atoms with E-state index in [4.69, 9.17) is 16.3 Å². The molecular weight excluding hydrogens is 390 g/mol. The van der Waals surface area contributed by atoms with E-state index in [0.29, 0.717) is 17.4 Å². The number of nitrogens with zero attached hydrogens (tertiary/aromatic N) is 4. The molecule has 0 spiro atoms. The third kappa shape index (κ3) is 4.47. The molecule has 29 heavy (non-hydrogen) atoms. The summed E-state index contributed by atoms with van der Waals surface area (Å²) in [7, 11) is 0. The number of amides is 1. The van der Waals surface area contributed by atoms with E-state index in [9.17, 15) is 4.79 Å². The van der Waals surface area contributed by atoms with Gasteiger partial charge in [0.15, 0.2) is 0 Å². The summed E-state index contributed by atoms with van der Waals surface area (Å²) in [6.07, 6.45) is 5.90. The van der Waals surface area contributed by atoms with Gasteiger partial charge in [-0.3, -0.25) is 9.69 Å². The quantitative estimate of drug-likeness (QED) is 0.809. The molecule has 1 aromatic carbocycles. The smallest absolute Gasteiger partial charge is 0.291 e. The van der Waals surface area contributed by atoms with Crippen LogP contribution in [-0.4, -0.2) is 64.0 Å². The van der Waals surface area contributed by atoms with Gasteiger partial charge in [-0.05, 0) is 44.0 Å². The average Bonchev–Trinajstić information content (AvgIpc) is 3.15. The van der Waals surface area contributed by atoms with E-state index >= 15 is 0 Å². The predicted octanol–water partition coefficient (Wildman–Crippen LogP) is 2.99. The van der Waals surface area contributed by atoms with Crippen molar-refractivity contribution < 1.29 is 9.53 Å². The fraction of sp³-hybridized carbons (Fsp3) is 0.571. The molecule has 0 unspecified atom stereocenters. The van der Waals surface area contributed by atoms with Crippen LogP contribution in [0.15, 0.2) is 24.3 Å². The first-order valence-electron chi connectivity index (χ1n) is 10.4. The van der Waals surface area contributed by atoms with Crippen LogP contribution in [0.4, 0.5) is 0 Å². The summed E-state index contributed by atoms with van der Waals surface area (Å²) >= 11 is 5.97. The van der Waals surface area contributed by atoms with Gasteiger partial charge in [-0.25, -0.2) is 9.67 Å². The van der Waals surface area contributed by atoms with Crippen LogP contribution < -0.4 is 5.32 Å². The minimum atomic E-state index is -0.223. The van der Waals surface area contributed by atoms with E-state index in [1.807, 2.05) is 19.1 Å². The number of morpholine rings is 1. The van der Waals surface area contributed by atoms with E-state index in [0.717, 1.165) is 44.8 Å². The first kappa shape index (κ1) is 20.3. The first-order chi connectivity index (χ1) is 14.1. The summed E-state index contributed by atoms with van der Waals surface area (Å²) in [6, 6.07) is 7.32. The SMILES string of the molecule is Cc1nc(C(=O)NCC2(N3CCOCC3)CCCCC2)nn1-c1ccc(Cl)cc1. The Bertz CT molecular complexity index is 839. The van der Waals surface area contributed by atoms with Gasteiger partial charge in [0, 0.05) is 30.2 Å². The number of carbonyl (C=O) groups is 1. The Hall–Kier alpha value is -1.96. The van der Waals surface area contributed by atoms with Crippen molar-refractivity contribution in [3.8, 4) is 5.69 Å². The van der Waals surface area contributed by atoms with Gasteiger partial charge in [0.2, 0.25) is 5.82 Å². The van der Waals surface area contributed by atoms with Crippen LogP contribution >= 0.6 is 11.6 Å². The molecule has 7 nitrogen and oxygen atoms in total. The molecule has 1 saturated carbocycles. The van der Waals surface area contributed by atoms with Crippen molar-refractivity contribution in [3.05, 3.63) is 40.9 Å². The minimum Gasteiger partial charge on any atom is -0.379 e. The van der Waals surface area contributed by atoms with Gasteiger partial charge < -0.3 is 10.1 Å². The maximum Gasteiger partial charge on any atom is 0.291 e. The summed E-state index contributed by atoms with van der Waals surface area (Å²) in [5.74, 6) is 0.641. The van der Waals surface area contributed by atoms with Gasteiger partial charge in [-0.15, -0.1) is 5.10 Å². The third-order valence-corrected chi connectivity index (χ3v) is 6.34. The number of benzene rings is 1. The van der Waals surface area contributed by atoms with E-state index in [-0.39, 0.29) is 17.3 Å². The van der Waals surface area contributed by atoms with E-state index in [2.05, 4.69) is 20.3 Å². The van der Waals surface area contributed by atoms with Crippen LogP contribution in [0, 0.1) is 6.92 Å². The Morgan fingerprint density at radius 1 is 1.17 bits per heavy atom. The number of hydrogen-bond acceptors (Lipinski definition) is 5. The molecule has 0 radical (unpaired) electrons. The van der Waals surface area contributed by atoms with Gasteiger partial charge in [-0.1, -0.05) is 30.9 Å². The number of carbonyl (C=O) groups excluding carboxylic acids is 1. The molecule has 0 bridgehead atoms. The van der Waals surface area contributed by atoms with Gasteiger partial charge >= 0.3 is 0 Å². The van der Waals surface area contributed by atoms with Gasteiger partial charge in [0.25, 0.3) is 5.91 Å². The minimum absolute atomic E-state index is 0.0193. The molecule has 1 saturated heterocycles. The number of aryl methyl sites for hydroxylation is 1. The molecule has 2 aromatic rings. The Balaban J connectivity index is 1.47. The molecule has 8 heteroatoms. The lowest BCUT2D eigenvalue weighted by Gasteiger charge is -2.48. The molecule has 2 heterocycles. The fourth-order valence-electron chi connectivity index (χ4n) is 4.49. The number of aromatic nitrogens is 3. The molecule has 4 rings (SSSR count). The monoisotopic (exact) mass is 417 g/mol. The molecule has 1 amide bonds. The number of nitrogens with one attached hydrogen (secondary N) is 1. The first-order valence-corrected chi connectivity index (χ1v) is 10.8. The predicted molar refractivity (Wildman–Crippen MR) is 112 cm³/mol. The second-order valence-electron chi connectivity index (χ2n) is 7.94. The number of halogens is 1. The molecule has 2 fully saturated rings. The summed E-state index contributed by atoms with van der Waals surface area (Å²) in [5.41, 5.74) is 0.849. The van der Waals surface area contributed by atoms with E-state index in [1.165, 1.54) is 19.3 Å². The zero-order chi connectivity index (χ0) is 20.3. The standard InChI is InChI=1S/C21H28ClN5O2/c1-16-24-19(25-27(16)18-7-5-17(22)6-8-18)20(28)23-15-21(9-3-2-4-10-21)26-11-13-29-14-12-26/h5-8H,2-4,9-15H2,1H3,(H,23,28). The third-order valence-electron chi connectivity index (χ3n) is 6.09. The highest BCUT2D eigenvalue weighted by Crippen LogP contribution is 2.34. The zero-order valence-electron chi connectivity index (χ0n) is 16.9. The van der Waals surface area contributed by atoms with Crippen molar-refractivity contribution in [1.82, 2.24) is 25.0 Å². The normalized spacial score (nSPS) is 19.8. The molecule has 1 aliphatic heterocycles. The summed E-state index contributed by atoms with van der Waals surface area (Å²) in [6.45, 7) is 5.86. The van der Waals surface area contributed by atoms with Crippen LogP contribution in [0.2, 0.25) is 5.02 Å². The lowest BCUT2D eigenvalue weighted by atomic mass is 9.79. The van der Waals surface area contributed by atoms with E-state index in [1.54, 1.807) is 16.8 Å². The van der Waals surface area contributed by atoms with Crippen LogP contribution in [0.3, 0.4) is 0 Å². The van der Waals surface area contributed by atoms with Crippen molar-refractivity contribution in [2.75, 3.05) is 32.8 Å². The fourth-order valence-corrected chi connectivity index (χ4v) is 4.62. The van der Waals surface area contributed by atoms with Crippen LogP contribution in [-0.2, 0) is 4.74 Å². The Morgan fingerprint density at radius 3 is 2.55 bits per heavy atom. The lowest BCUT2D eigenvalue weighted by Crippen LogP contribution is -2.59. The summed E-state index contributed by atoms with van der Waals surface area (Å²) in [5, 5.41) is 8.21. The second kappa shape index (κ2) is 8.81. The molecule has 1 aliphatic carbocycles. The summed E-state index contributed by atoms with van der Waals surface area (Å²) < 4.78 is 7.21. The van der Waals surface area contributed by atoms with Crippen molar-refractivity contribution in [1.29, 1.82) is 0 Å². The average molecular weight is 418 g/mol. The van der Waals surface area contributed by atoms with Crippen LogP contribution in [0.25, 0.3) is 5.69 Å². The highest BCUT2D eigenvalue weighted by Gasteiger charge is 2.39. The molecular formula is C21H28ClN5O2. The molecule has 0 atom stereocenters. The topological polar surface area (TPSA) is 72.3 Å². The van der Waals surface area contributed by atoms with Crippen molar-refractivity contribution >= 4 is 17.5 Å². The van der Waals surface area contributed by atoms with Crippen molar-refractivity contribution in [2.24, 2.45) is 0 Å². The van der Waals surface area contributed by atoms with Gasteiger partial charge in [-0.2, -0.15) is 0 Å². The highest BCUT2D eigenvalue weighted by molar-refractivity contribution is 6.30.